The Bertz CT molecular complexity index is 650. The normalized spacial score (nSPS) is 12.6. The van der Waals surface area contributed by atoms with Crippen LogP contribution in [0.25, 0.3) is 0 Å². The Morgan fingerprint density at radius 3 is 2.48 bits per heavy atom. The number of carbonyl (C=O) groups is 1. The van der Waals surface area contributed by atoms with Crippen LogP contribution in [0.2, 0.25) is 0 Å². The van der Waals surface area contributed by atoms with Gasteiger partial charge in [0.25, 0.3) is 0 Å². The number of hydrogen-bond acceptors (Lipinski definition) is 5. The molecule has 6 nitrogen and oxygen atoms in total. The van der Waals surface area contributed by atoms with Crippen molar-refractivity contribution in [3.63, 3.8) is 0 Å². The van der Waals surface area contributed by atoms with Gasteiger partial charge in [0.15, 0.2) is 0 Å². The summed E-state index contributed by atoms with van der Waals surface area (Å²) in [6, 6.07) is 3.40. The molecule has 0 fully saturated rings. The molecule has 1 aromatic rings. The molecule has 1 heterocycles. The summed E-state index contributed by atoms with van der Waals surface area (Å²) in [6.07, 6.45) is 2.54. The van der Waals surface area contributed by atoms with Crippen molar-refractivity contribution < 1.29 is 13.2 Å². The summed E-state index contributed by atoms with van der Waals surface area (Å²) in [4.78, 5) is 12.5. The van der Waals surface area contributed by atoms with Crippen LogP contribution in [0.3, 0.4) is 0 Å². The largest absolute Gasteiger partial charge is 0.356 e. The molecule has 0 saturated heterocycles. The van der Waals surface area contributed by atoms with Gasteiger partial charge in [-0.3, -0.25) is 4.79 Å². The molecule has 1 aromatic heterocycles. The molecule has 0 aliphatic heterocycles. The summed E-state index contributed by atoms with van der Waals surface area (Å²) in [6.45, 7) is 8.63. The molecule has 1 amide bonds. The van der Waals surface area contributed by atoms with Crippen LogP contribution < -0.4 is 15.8 Å². The summed E-state index contributed by atoms with van der Waals surface area (Å²) in [5, 5.41) is 2.86. The number of sulfonamides is 1. The van der Waals surface area contributed by atoms with Crippen molar-refractivity contribution in [1.82, 2.24) is 10.0 Å². The Labute approximate surface area is 155 Å². The van der Waals surface area contributed by atoms with E-state index in [9.17, 15) is 13.2 Å². The summed E-state index contributed by atoms with van der Waals surface area (Å²) in [5.41, 5.74) is 5.63. The van der Waals surface area contributed by atoms with E-state index in [-0.39, 0.29) is 16.7 Å². The Morgan fingerprint density at radius 2 is 1.92 bits per heavy atom. The second-order valence-corrected chi connectivity index (χ2v) is 9.97. The molecule has 4 N–H and O–H groups in total. The molecule has 0 bridgehead atoms. The average molecular weight is 390 g/mol. The fourth-order valence-electron chi connectivity index (χ4n) is 2.21. The molecule has 25 heavy (non-hydrogen) atoms. The van der Waals surface area contributed by atoms with Crippen molar-refractivity contribution in [3.8, 4) is 0 Å². The van der Waals surface area contributed by atoms with E-state index in [2.05, 4.69) is 10.0 Å². The lowest BCUT2D eigenvalue weighted by Gasteiger charge is -2.26. The molecule has 0 saturated carbocycles. The van der Waals surface area contributed by atoms with E-state index in [1.165, 1.54) is 11.3 Å². The number of rotatable bonds is 11. The first-order chi connectivity index (χ1) is 11.6. The molecule has 1 rings (SSSR count). The van der Waals surface area contributed by atoms with Crippen LogP contribution in [-0.4, -0.2) is 33.0 Å². The smallest absolute Gasteiger partial charge is 0.250 e. The molecular weight excluding hydrogens is 358 g/mol. The highest BCUT2D eigenvalue weighted by molar-refractivity contribution is 7.91. The fourth-order valence-corrected chi connectivity index (χ4v) is 4.75. The summed E-state index contributed by atoms with van der Waals surface area (Å²) < 4.78 is 27.7. The van der Waals surface area contributed by atoms with E-state index in [1.807, 2.05) is 27.7 Å². The third-order valence-electron chi connectivity index (χ3n) is 4.21. The Hall–Kier alpha value is -0.960. The molecule has 0 aliphatic carbocycles. The standard InChI is InChI=1S/C17H31N3O3S2/c1-5-17(18,6-2)12-20-25(22,23)16-8-7-14(24-16)9-10-19-15(21)11-13(3)4/h7-8,13,20H,5-6,9-12,18H2,1-4H3,(H,19,21). The predicted molar refractivity (Wildman–Crippen MR) is 103 cm³/mol. The zero-order chi connectivity index (χ0) is 19.1. The second kappa shape index (κ2) is 9.66. The zero-order valence-corrected chi connectivity index (χ0v) is 17.2. The van der Waals surface area contributed by atoms with Gasteiger partial charge in [-0.15, -0.1) is 11.3 Å². The van der Waals surface area contributed by atoms with E-state index in [1.54, 1.807) is 12.1 Å². The van der Waals surface area contributed by atoms with Gasteiger partial charge in [-0.1, -0.05) is 27.7 Å². The van der Waals surface area contributed by atoms with Gasteiger partial charge in [0, 0.05) is 29.9 Å². The van der Waals surface area contributed by atoms with Gasteiger partial charge < -0.3 is 11.1 Å². The minimum absolute atomic E-state index is 0.0273. The number of nitrogens with two attached hydrogens (primary N) is 1. The topological polar surface area (TPSA) is 101 Å². The first kappa shape index (κ1) is 22.1. The van der Waals surface area contributed by atoms with E-state index < -0.39 is 15.6 Å². The number of carbonyl (C=O) groups excluding carboxylic acids is 1. The second-order valence-electron chi connectivity index (χ2n) is 6.81. The zero-order valence-electron chi connectivity index (χ0n) is 15.6. The van der Waals surface area contributed by atoms with Crippen LogP contribution in [0, 0.1) is 5.92 Å². The number of nitrogens with one attached hydrogen (secondary N) is 2. The SMILES string of the molecule is CCC(N)(CC)CNS(=O)(=O)c1ccc(CCNC(=O)CC(C)C)s1. The van der Waals surface area contributed by atoms with Gasteiger partial charge in [0.05, 0.1) is 0 Å². The number of hydrogen-bond donors (Lipinski definition) is 3. The molecular formula is C17H31N3O3S2. The van der Waals surface area contributed by atoms with Crippen molar-refractivity contribution >= 4 is 27.3 Å². The van der Waals surface area contributed by atoms with E-state index in [4.69, 9.17) is 5.73 Å². The van der Waals surface area contributed by atoms with Crippen LogP contribution >= 0.6 is 11.3 Å². The lowest BCUT2D eigenvalue weighted by Crippen LogP contribution is -2.49. The van der Waals surface area contributed by atoms with Crippen molar-refractivity contribution in [2.45, 2.75) is 63.1 Å². The van der Waals surface area contributed by atoms with Gasteiger partial charge in [-0.2, -0.15) is 0 Å². The van der Waals surface area contributed by atoms with E-state index in [0.717, 1.165) is 4.88 Å². The highest BCUT2D eigenvalue weighted by Crippen LogP contribution is 2.22. The monoisotopic (exact) mass is 389 g/mol. The van der Waals surface area contributed by atoms with Crippen LogP contribution in [0.15, 0.2) is 16.3 Å². The molecule has 0 aromatic carbocycles. The molecule has 0 radical (unpaired) electrons. The van der Waals surface area contributed by atoms with Crippen molar-refractivity contribution in [2.75, 3.05) is 13.1 Å². The molecule has 0 aliphatic rings. The Kier molecular flexibility index (Phi) is 8.53. The fraction of sp³-hybridized carbons (Fsp3) is 0.706. The number of thiophene rings is 1. The van der Waals surface area contributed by atoms with Gasteiger partial charge >= 0.3 is 0 Å². The third kappa shape index (κ3) is 7.43. The van der Waals surface area contributed by atoms with Crippen LogP contribution in [0.1, 0.15) is 51.8 Å². The Balaban J connectivity index is 2.57. The van der Waals surface area contributed by atoms with Crippen molar-refractivity contribution in [2.24, 2.45) is 11.7 Å². The first-order valence-corrected chi connectivity index (χ1v) is 11.1. The van der Waals surface area contributed by atoms with Crippen molar-refractivity contribution in [1.29, 1.82) is 0 Å². The lowest BCUT2D eigenvalue weighted by atomic mass is 9.95. The van der Waals surface area contributed by atoms with E-state index >= 15 is 0 Å². The quantitative estimate of drug-likeness (QED) is 0.540. The molecule has 144 valence electrons. The van der Waals surface area contributed by atoms with Crippen molar-refractivity contribution in [3.05, 3.63) is 17.0 Å². The minimum Gasteiger partial charge on any atom is -0.356 e. The van der Waals surface area contributed by atoms with Crippen LogP contribution in [0.5, 0.6) is 0 Å². The molecule has 0 unspecified atom stereocenters. The average Bonchev–Trinajstić information content (AvgIpc) is 3.02. The molecule has 0 spiro atoms. The summed E-state index contributed by atoms with van der Waals surface area (Å²) in [7, 11) is -3.55. The Morgan fingerprint density at radius 1 is 1.28 bits per heavy atom. The van der Waals surface area contributed by atoms with Gasteiger partial charge in [-0.25, -0.2) is 13.1 Å². The molecule has 8 heteroatoms. The van der Waals surface area contributed by atoms with Gasteiger partial charge in [-0.05, 0) is 37.3 Å². The highest BCUT2D eigenvalue weighted by atomic mass is 32.2. The first-order valence-electron chi connectivity index (χ1n) is 8.76. The third-order valence-corrected chi connectivity index (χ3v) is 7.25. The minimum atomic E-state index is -3.55. The van der Waals surface area contributed by atoms with Gasteiger partial charge in [0.1, 0.15) is 4.21 Å². The van der Waals surface area contributed by atoms with Gasteiger partial charge in [0.2, 0.25) is 15.9 Å². The van der Waals surface area contributed by atoms with Crippen LogP contribution in [0.4, 0.5) is 0 Å². The maximum atomic E-state index is 12.4. The highest BCUT2D eigenvalue weighted by Gasteiger charge is 2.24. The van der Waals surface area contributed by atoms with E-state index in [0.29, 0.717) is 38.1 Å². The predicted octanol–water partition coefficient (Wildman–Crippen LogP) is 2.25. The summed E-state index contributed by atoms with van der Waals surface area (Å²) in [5.74, 6) is 0.352. The molecule has 0 atom stereocenters. The lowest BCUT2D eigenvalue weighted by molar-refractivity contribution is -0.121. The summed E-state index contributed by atoms with van der Waals surface area (Å²) >= 11 is 1.23. The maximum absolute atomic E-state index is 12.4. The van der Waals surface area contributed by atoms with Crippen LogP contribution in [-0.2, 0) is 21.2 Å². The maximum Gasteiger partial charge on any atom is 0.250 e. The number of amides is 1.